The second-order valence-electron chi connectivity index (χ2n) is 6.40. The summed E-state index contributed by atoms with van der Waals surface area (Å²) in [5, 5.41) is 12.5. The van der Waals surface area contributed by atoms with Gasteiger partial charge in [0.15, 0.2) is 0 Å². The van der Waals surface area contributed by atoms with E-state index in [-0.39, 0.29) is 0 Å². The molecular formula is C17H24N2O. The number of nitrogens with zero attached hydrogens (tertiary/aromatic N) is 1. The number of hydrogen-bond acceptors (Lipinski definition) is 3. The lowest BCUT2D eigenvalue weighted by Crippen LogP contribution is -2.54. The average Bonchev–Trinajstić information content (AvgIpc) is 2.41. The van der Waals surface area contributed by atoms with Crippen LogP contribution in [0.15, 0.2) is 18.2 Å². The molecule has 108 valence electrons. The SMILES string of the molecule is CC(C)c1ccc(C#N)c(CCOCC2(C)CNC2)c1. The van der Waals surface area contributed by atoms with Crippen molar-refractivity contribution in [3.63, 3.8) is 0 Å². The molecule has 1 aromatic carbocycles. The van der Waals surface area contributed by atoms with E-state index in [1.807, 2.05) is 6.07 Å². The minimum atomic E-state index is 0.303. The van der Waals surface area contributed by atoms with E-state index < -0.39 is 0 Å². The van der Waals surface area contributed by atoms with Crippen LogP contribution < -0.4 is 5.32 Å². The van der Waals surface area contributed by atoms with Crippen LogP contribution in [0, 0.1) is 16.7 Å². The van der Waals surface area contributed by atoms with Crippen LogP contribution >= 0.6 is 0 Å². The van der Waals surface area contributed by atoms with Crippen molar-refractivity contribution in [1.82, 2.24) is 5.32 Å². The number of rotatable bonds is 6. The zero-order chi connectivity index (χ0) is 14.6. The predicted molar refractivity (Wildman–Crippen MR) is 80.7 cm³/mol. The molecule has 0 radical (unpaired) electrons. The summed E-state index contributed by atoms with van der Waals surface area (Å²) in [6.07, 6.45) is 0.812. The molecule has 0 atom stereocenters. The van der Waals surface area contributed by atoms with Crippen LogP contribution in [0.5, 0.6) is 0 Å². The maximum absolute atomic E-state index is 9.18. The Labute approximate surface area is 121 Å². The van der Waals surface area contributed by atoms with E-state index in [2.05, 4.69) is 44.3 Å². The molecule has 1 saturated heterocycles. The molecule has 0 saturated carbocycles. The minimum Gasteiger partial charge on any atom is -0.380 e. The molecule has 0 aliphatic carbocycles. The summed E-state index contributed by atoms with van der Waals surface area (Å²) in [4.78, 5) is 0. The van der Waals surface area contributed by atoms with Gasteiger partial charge in [0.1, 0.15) is 0 Å². The number of nitriles is 1. The summed E-state index contributed by atoms with van der Waals surface area (Å²) >= 11 is 0. The van der Waals surface area contributed by atoms with Crippen LogP contribution in [0.25, 0.3) is 0 Å². The Balaban J connectivity index is 1.90. The van der Waals surface area contributed by atoms with E-state index in [0.717, 1.165) is 37.2 Å². The molecule has 1 aromatic rings. The smallest absolute Gasteiger partial charge is 0.0994 e. The predicted octanol–water partition coefficient (Wildman–Crippen LogP) is 2.85. The number of ether oxygens (including phenoxy) is 1. The summed E-state index contributed by atoms with van der Waals surface area (Å²) < 4.78 is 5.79. The normalized spacial score (nSPS) is 16.8. The Bertz CT molecular complexity index is 498. The Hall–Kier alpha value is -1.37. The van der Waals surface area contributed by atoms with Gasteiger partial charge in [-0.15, -0.1) is 0 Å². The molecule has 0 amide bonds. The Morgan fingerprint density at radius 2 is 2.15 bits per heavy atom. The first-order valence-electron chi connectivity index (χ1n) is 7.35. The van der Waals surface area contributed by atoms with Gasteiger partial charge in [-0.05, 0) is 29.5 Å². The highest BCUT2D eigenvalue weighted by Gasteiger charge is 2.31. The van der Waals surface area contributed by atoms with Crippen LogP contribution in [-0.2, 0) is 11.2 Å². The van der Waals surface area contributed by atoms with Gasteiger partial charge in [-0.2, -0.15) is 5.26 Å². The zero-order valence-electron chi connectivity index (χ0n) is 12.7. The van der Waals surface area contributed by atoms with E-state index in [9.17, 15) is 5.26 Å². The van der Waals surface area contributed by atoms with Gasteiger partial charge in [-0.25, -0.2) is 0 Å². The molecule has 0 aromatic heterocycles. The van der Waals surface area contributed by atoms with Crippen LogP contribution in [0.2, 0.25) is 0 Å². The van der Waals surface area contributed by atoms with Crippen molar-refractivity contribution in [3.05, 3.63) is 34.9 Å². The Morgan fingerprint density at radius 3 is 2.70 bits per heavy atom. The molecule has 3 heteroatoms. The number of benzene rings is 1. The fourth-order valence-corrected chi connectivity index (χ4v) is 2.44. The van der Waals surface area contributed by atoms with Crippen molar-refractivity contribution in [3.8, 4) is 6.07 Å². The molecule has 20 heavy (non-hydrogen) atoms. The lowest BCUT2D eigenvalue weighted by Gasteiger charge is -2.38. The van der Waals surface area contributed by atoms with Crippen LogP contribution in [0.1, 0.15) is 43.4 Å². The second kappa shape index (κ2) is 6.39. The summed E-state index contributed by atoms with van der Waals surface area (Å²) in [5.74, 6) is 0.488. The van der Waals surface area contributed by atoms with Crippen molar-refractivity contribution in [2.24, 2.45) is 5.41 Å². The molecular weight excluding hydrogens is 248 g/mol. The largest absolute Gasteiger partial charge is 0.380 e. The molecule has 0 unspecified atom stereocenters. The summed E-state index contributed by atoms with van der Waals surface area (Å²) in [5.41, 5.74) is 3.47. The highest BCUT2D eigenvalue weighted by Crippen LogP contribution is 2.22. The molecule has 1 fully saturated rings. The maximum Gasteiger partial charge on any atom is 0.0994 e. The van der Waals surface area contributed by atoms with E-state index in [1.54, 1.807) is 0 Å². The van der Waals surface area contributed by atoms with Crippen LogP contribution in [-0.4, -0.2) is 26.3 Å². The van der Waals surface area contributed by atoms with E-state index in [4.69, 9.17) is 4.74 Å². The first-order valence-corrected chi connectivity index (χ1v) is 7.35. The second-order valence-corrected chi connectivity index (χ2v) is 6.40. The van der Waals surface area contributed by atoms with E-state index >= 15 is 0 Å². The van der Waals surface area contributed by atoms with Gasteiger partial charge in [0.25, 0.3) is 0 Å². The topological polar surface area (TPSA) is 45.0 Å². The zero-order valence-corrected chi connectivity index (χ0v) is 12.7. The molecule has 2 rings (SSSR count). The lowest BCUT2D eigenvalue weighted by molar-refractivity contribution is 0.0240. The van der Waals surface area contributed by atoms with Crippen molar-refractivity contribution < 1.29 is 4.74 Å². The highest BCUT2D eigenvalue weighted by molar-refractivity contribution is 5.41. The van der Waals surface area contributed by atoms with Gasteiger partial charge < -0.3 is 10.1 Å². The summed E-state index contributed by atoms with van der Waals surface area (Å²) in [6.45, 7) is 10.2. The van der Waals surface area contributed by atoms with Gasteiger partial charge in [0.2, 0.25) is 0 Å². The van der Waals surface area contributed by atoms with Crippen molar-refractivity contribution in [2.45, 2.75) is 33.1 Å². The molecule has 0 spiro atoms. The molecule has 1 aliphatic heterocycles. The van der Waals surface area contributed by atoms with Crippen molar-refractivity contribution in [1.29, 1.82) is 5.26 Å². The number of nitrogens with one attached hydrogen (secondary N) is 1. The fourth-order valence-electron chi connectivity index (χ4n) is 2.44. The monoisotopic (exact) mass is 272 g/mol. The van der Waals surface area contributed by atoms with E-state index in [0.29, 0.717) is 17.9 Å². The molecule has 1 N–H and O–H groups in total. The first kappa shape index (κ1) is 15.0. The van der Waals surface area contributed by atoms with Gasteiger partial charge >= 0.3 is 0 Å². The van der Waals surface area contributed by atoms with Gasteiger partial charge in [0, 0.05) is 18.5 Å². The quantitative estimate of drug-likeness (QED) is 0.810. The molecule has 1 aliphatic rings. The number of hydrogen-bond donors (Lipinski definition) is 1. The Morgan fingerprint density at radius 1 is 1.40 bits per heavy atom. The first-order chi connectivity index (χ1) is 9.54. The van der Waals surface area contributed by atoms with Gasteiger partial charge in [0.05, 0.1) is 24.8 Å². The highest BCUT2D eigenvalue weighted by atomic mass is 16.5. The lowest BCUT2D eigenvalue weighted by atomic mass is 9.85. The third-order valence-corrected chi connectivity index (χ3v) is 3.99. The summed E-state index contributed by atoms with van der Waals surface area (Å²) in [6, 6.07) is 8.41. The standard InChI is InChI=1S/C17H24N2O/c1-13(2)14-4-5-16(9-18)15(8-14)6-7-20-12-17(3)10-19-11-17/h4-5,8,13,19H,6-7,10-12H2,1-3H3. The fraction of sp³-hybridized carbons (Fsp3) is 0.588. The molecule has 1 heterocycles. The minimum absolute atomic E-state index is 0.303. The van der Waals surface area contributed by atoms with Crippen LogP contribution in [0.3, 0.4) is 0 Å². The third-order valence-electron chi connectivity index (χ3n) is 3.99. The van der Waals surface area contributed by atoms with E-state index in [1.165, 1.54) is 5.56 Å². The average molecular weight is 272 g/mol. The molecule has 3 nitrogen and oxygen atoms in total. The van der Waals surface area contributed by atoms with Crippen LogP contribution in [0.4, 0.5) is 0 Å². The van der Waals surface area contributed by atoms with Gasteiger partial charge in [-0.3, -0.25) is 0 Å². The van der Waals surface area contributed by atoms with Crippen molar-refractivity contribution in [2.75, 3.05) is 26.3 Å². The molecule has 0 bridgehead atoms. The third kappa shape index (κ3) is 3.59. The maximum atomic E-state index is 9.18. The van der Waals surface area contributed by atoms with Crippen molar-refractivity contribution >= 4 is 0 Å². The Kier molecular flexibility index (Phi) is 4.80. The summed E-state index contributed by atoms with van der Waals surface area (Å²) in [7, 11) is 0. The van der Waals surface area contributed by atoms with Gasteiger partial charge in [-0.1, -0.05) is 32.9 Å².